The Kier molecular flexibility index (Phi) is 5.14. The summed E-state index contributed by atoms with van der Waals surface area (Å²) in [5, 5.41) is 4.50. The molecule has 2 heterocycles. The lowest BCUT2D eigenvalue weighted by Gasteiger charge is -2.33. The Bertz CT molecular complexity index is 494. The molecule has 22 heavy (non-hydrogen) atoms. The molecule has 1 aliphatic heterocycles. The maximum atomic E-state index is 12.1. The van der Waals surface area contributed by atoms with Gasteiger partial charge in [-0.2, -0.15) is 5.10 Å². The smallest absolute Gasteiger partial charge is 0.410 e. The minimum atomic E-state index is -0.429. The molecule has 2 rings (SSSR count). The highest BCUT2D eigenvalue weighted by molar-refractivity contribution is 5.68. The lowest BCUT2D eigenvalue weighted by molar-refractivity contribution is 0.0185. The van der Waals surface area contributed by atoms with Crippen molar-refractivity contribution >= 4 is 6.09 Å². The van der Waals surface area contributed by atoms with Crippen LogP contribution in [0, 0.1) is 5.92 Å². The Balaban J connectivity index is 1.86. The van der Waals surface area contributed by atoms with Gasteiger partial charge in [-0.3, -0.25) is 4.68 Å². The van der Waals surface area contributed by atoms with E-state index in [4.69, 9.17) is 4.74 Å². The van der Waals surface area contributed by atoms with Crippen LogP contribution in [0.2, 0.25) is 0 Å². The first-order valence-electron chi connectivity index (χ1n) is 8.25. The lowest BCUT2D eigenvalue weighted by atomic mass is 10.0. The minimum Gasteiger partial charge on any atom is -0.444 e. The third-order valence-electron chi connectivity index (χ3n) is 3.79. The average Bonchev–Trinajstić information content (AvgIpc) is 2.84. The molecule has 0 spiro atoms. The summed E-state index contributed by atoms with van der Waals surface area (Å²) >= 11 is 0. The van der Waals surface area contributed by atoms with Crippen molar-refractivity contribution in [3.05, 3.63) is 18.0 Å². The number of rotatable bonds is 3. The molecule has 1 aromatic heterocycles. The van der Waals surface area contributed by atoms with Gasteiger partial charge >= 0.3 is 6.09 Å². The number of likely N-dealkylation sites (tertiary alicyclic amines) is 1. The van der Waals surface area contributed by atoms with Crippen molar-refractivity contribution in [1.29, 1.82) is 0 Å². The van der Waals surface area contributed by atoms with Gasteiger partial charge in [0.25, 0.3) is 0 Å². The van der Waals surface area contributed by atoms with E-state index in [0.29, 0.717) is 12.0 Å². The second-order valence-electron chi connectivity index (χ2n) is 7.63. The highest BCUT2D eigenvalue weighted by Crippen LogP contribution is 2.24. The van der Waals surface area contributed by atoms with Crippen LogP contribution in [0.4, 0.5) is 4.79 Å². The standard InChI is InChI=1S/C17H29N3O2/c1-13(2)10-14-11-18-20(12-14)15-6-8-19(9-7-15)16(21)22-17(3,4)5/h11-13,15H,6-10H2,1-5H3. The second kappa shape index (κ2) is 6.71. The molecule has 1 amide bonds. The molecule has 0 N–H and O–H groups in total. The molecule has 0 aromatic carbocycles. The lowest BCUT2D eigenvalue weighted by Crippen LogP contribution is -2.42. The molecule has 0 aliphatic carbocycles. The maximum Gasteiger partial charge on any atom is 0.410 e. The first kappa shape index (κ1) is 16.8. The molecule has 1 fully saturated rings. The third-order valence-corrected chi connectivity index (χ3v) is 3.79. The molecule has 0 bridgehead atoms. The van der Waals surface area contributed by atoms with Gasteiger partial charge in [0.15, 0.2) is 0 Å². The van der Waals surface area contributed by atoms with Crippen molar-refractivity contribution in [2.24, 2.45) is 5.92 Å². The SMILES string of the molecule is CC(C)Cc1cnn(C2CCN(C(=O)OC(C)(C)C)CC2)c1. The summed E-state index contributed by atoms with van der Waals surface area (Å²) in [4.78, 5) is 13.9. The summed E-state index contributed by atoms with van der Waals surface area (Å²) in [6, 6.07) is 0.389. The van der Waals surface area contributed by atoms with E-state index in [2.05, 4.69) is 29.8 Å². The Hall–Kier alpha value is -1.52. The van der Waals surface area contributed by atoms with Crippen molar-refractivity contribution in [2.45, 2.75) is 65.5 Å². The van der Waals surface area contributed by atoms with Crippen molar-refractivity contribution in [1.82, 2.24) is 14.7 Å². The van der Waals surface area contributed by atoms with Gasteiger partial charge in [0.05, 0.1) is 12.2 Å². The van der Waals surface area contributed by atoms with E-state index in [1.165, 1.54) is 5.56 Å². The number of ether oxygens (including phenoxy) is 1. The Morgan fingerprint density at radius 1 is 1.36 bits per heavy atom. The number of amides is 1. The van der Waals surface area contributed by atoms with Crippen molar-refractivity contribution in [3.8, 4) is 0 Å². The molecule has 0 saturated carbocycles. The zero-order valence-electron chi connectivity index (χ0n) is 14.5. The predicted octanol–water partition coefficient (Wildman–Crippen LogP) is 3.65. The molecular weight excluding hydrogens is 278 g/mol. The summed E-state index contributed by atoms with van der Waals surface area (Å²) < 4.78 is 7.50. The zero-order valence-corrected chi connectivity index (χ0v) is 14.5. The fourth-order valence-electron chi connectivity index (χ4n) is 2.79. The van der Waals surface area contributed by atoms with E-state index < -0.39 is 5.60 Å². The Morgan fingerprint density at radius 2 is 2.00 bits per heavy atom. The van der Waals surface area contributed by atoms with Gasteiger partial charge in [-0.1, -0.05) is 13.8 Å². The molecule has 0 atom stereocenters. The third kappa shape index (κ3) is 4.75. The number of carbonyl (C=O) groups excluding carboxylic acids is 1. The van der Waals surface area contributed by atoms with Gasteiger partial charge in [-0.15, -0.1) is 0 Å². The van der Waals surface area contributed by atoms with E-state index in [1.54, 1.807) is 4.90 Å². The predicted molar refractivity (Wildman–Crippen MR) is 86.8 cm³/mol. The van der Waals surface area contributed by atoms with Crippen LogP contribution in [0.1, 0.15) is 59.1 Å². The molecule has 5 nitrogen and oxygen atoms in total. The molecule has 1 saturated heterocycles. The fraction of sp³-hybridized carbons (Fsp3) is 0.765. The summed E-state index contributed by atoms with van der Waals surface area (Å²) in [6.07, 6.45) is 6.86. The van der Waals surface area contributed by atoms with Crippen molar-refractivity contribution in [3.63, 3.8) is 0 Å². The van der Waals surface area contributed by atoms with Crippen LogP contribution in [0.25, 0.3) is 0 Å². The highest BCUT2D eigenvalue weighted by Gasteiger charge is 2.27. The van der Waals surface area contributed by atoms with E-state index >= 15 is 0 Å². The first-order chi connectivity index (χ1) is 10.2. The largest absolute Gasteiger partial charge is 0.444 e. The van der Waals surface area contributed by atoms with E-state index in [9.17, 15) is 4.79 Å². The minimum absolute atomic E-state index is 0.202. The topological polar surface area (TPSA) is 47.4 Å². The maximum absolute atomic E-state index is 12.1. The molecule has 1 aliphatic rings. The Labute approximate surface area is 133 Å². The molecular formula is C17H29N3O2. The summed E-state index contributed by atoms with van der Waals surface area (Å²) in [7, 11) is 0. The monoisotopic (exact) mass is 307 g/mol. The molecule has 5 heteroatoms. The zero-order chi connectivity index (χ0) is 16.3. The van der Waals surface area contributed by atoms with Crippen LogP contribution in [0.15, 0.2) is 12.4 Å². The quantitative estimate of drug-likeness (QED) is 0.856. The number of piperidine rings is 1. The van der Waals surface area contributed by atoms with E-state index in [0.717, 1.165) is 32.4 Å². The number of carbonyl (C=O) groups is 1. The van der Waals surface area contributed by atoms with Crippen LogP contribution in [-0.2, 0) is 11.2 Å². The highest BCUT2D eigenvalue weighted by atomic mass is 16.6. The van der Waals surface area contributed by atoms with Crippen LogP contribution in [0.3, 0.4) is 0 Å². The van der Waals surface area contributed by atoms with Crippen LogP contribution < -0.4 is 0 Å². The summed E-state index contributed by atoms with van der Waals surface area (Å²) in [6.45, 7) is 11.6. The van der Waals surface area contributed by atoms with Crippen LogP contribution in [-0.4, -0.2) is 39.5 Å². The van der Waals surface area contributed by atoms with Gasteiger partial charge in [-0.05, 0) is 51.5 Å². The van der Waals surface area contributed by atoms with Gasteiger partial charge < -0.3 is 9.64 Å². The molecule has 1 aromatic rings. The number of hydrogen-bond acceptors (Lipinski definition) is 3. The second-order valence-corrected chi connectivity index (χ2v) is 7.63. The van der Waals surface area contributed by atoms with Crippen molar-refractivity contribution in [2.75, 3.05) is 13.1 Å². The average molecular weight is 307 g/mol. The van der Waals surface area contributed by atoms with Crippen LogP contribution >= 0.6 is 0 Å². The van der Waals surface area contributed by atoms with E-state index in [-0.39, 0.29) is 6.09 Å². The molecule has 124 valence electrons. The number of nitrogens with zero attached hydrogens (tertiary/aromatic N) is 3. The Morgan fingerprint density at radius 3 is 2.55 bits per heavy atom. The van der Waals surface area contributed by atoms with Gasteiger partial charge in [0.2, 0.25) is 0 Å². The van der Waals surface area contributed by atoms with Gasteiger partial charge in [0, 0.05) is 19.3 Å². The van der Waals surface area contributed by atoms with Gasteiger partial charge in [0.1, 0.15) is 5.60 Å². The summed E-state index contributed by atoms with van der Waals surface area (Å²) in [5.41, 5.74) is 0.867. The van der Waals surface area contributed by atoms with E-state index in [1.807, 2.05) is 27.0 Å². The fourth-order valence-corrected chi connectivity index (χ4v) is 2.79. The first-order valence-corrected chi connectivity index (χ1v) is 8.25. The van der Waals surface area contributed by atoms with Crippen molar-refractivity contribution < 1.29 is 9.53 Å². The number of aromatic nitrogens is 2. The van der Waals surface area contributed by atoms with Crippen LogP contribution in [0.5, 0.6) is 0 Å². The normalized spacial score (nSPS) is 17.1. The number of hydrogen-bond donors (Lipinski definition) is 0. The van der Waals surface area contributed by atoms with Gasteiger partial charge in [-0.25, -0.2) is 4.79 Å². The molecule has 0 radical (unpaired) electrons. The summed E-state index contributed by atoms with van der Waals surface area (Å²) in [5.74, 6) is 0.645. The molecule has 0 unspecified atom stereocenters.